The molecule has 9 heteroatoms. The van der Waals surface area contributed by atoms with Gasteiger partial charge in [0.1, 0.15) is 17.8 Å². The molecule has 0 bridgehead atoms. The van der Waals surface area contributed by atoms with Crippen molar-refractivity contribution in [2.45, 2.75) is 6.92 Å². The molecule has 0 saturated heterocycles. The number of benzene rings is 2. The first-order chi connectivity index (χ1) is 13.1. The Bertz CT molecular complexity index is 1140. The van der Waals surface area contributed by atoms with E-state index >= 15 is 0 Å². The van der Waals surface area contributed by atoms with E-state index in [9.17, 15) is 10.1 Å². The fourth-order valence-electron chi connectivity index (χ4n) is 2.63. The van der Waals surface area contributed by atoms with Crippen molar-refractivity contribution in [3.63, 3.8) is 0 Å². The molecule has 2 aromatic carbocycles. The molecule has 0 aliphatic carbocycles. The molecule has 0 aliphatic rings. The number of rotatable bonds is 5. The Morgan fingerprint density at radius 3 is 2.74 bits per heavy atom. The first-order valence-electron chi connectivity index (χ1n) is 7.97. The van der Waals surface area contributed by atoms with Crippen LogP contribution in [0.5, 0.6) is 11.6 Å². The van der Waals surface area contributed by atoms with Crippen molar-refractivity contribution in [3.05, 3.63) is 70.7 Å². The average molecular weight is 363 g/mol. The van der Waals surface area contributed by atoms with Gasteiger partial charge in [-0.2, -0.15) is 4.98 Å². The summed E-state index contributed by atoms with van der Waals surface area (Å²) in [6.07, 6.45) is 1.18. The van der Waals surface area contributed by atoms with E-state index in [0.29, 0.717) is 17.3 Å². The zero-order valence-electron chi connectivity index (χ0n) is 14.1. The molecule has 4 aromatic rings. The normalized spacial score (nSPS) is 10.7. The average Bonchev–Trinajstić information content (AvgIpc) is 3.07. The number of ether oxygens (including phenoxy) is 1. The van der Waals surface area contributed by atoms with Gasteiger partial charge in [0, 0.05) is 11.5 Å². The highest BCUT2D eigenvalue weighted by molar-refractivity contribution is 5.88. The van der Waals surface area contributed by atoms with Crippen molar-refractivity contribution in [1.29, 1.82) is 0 Å². The molecular weight excluding hydrogens is 350 g/mol. The SMILES string of the molecule is Cc1cc(Nc2ncnc(Oc3cccc4ccccc34)c2[N+](=O)[O-])no1. The zero-order valence-corrected chi connectivity index (χ0v) is 14.1. The standard InChI is InChI=1S/C18H13N5O4/c1-11-9-15(22-27-11)21-17-16(23(24)25)18(20-10-19-17)26-14-8-4-6-12-5-2-3-7-13(12)14/h2-10H,1H3,(H,19,20,21,22). The zero-order chi connectivity index (χ0) is 18.8. The van der Waals surface area contributed by atoms with Gasteiger partial charge in [0.05, 0.1) is 4.92 Å². The van der Waals surface area contributed by atoms with Gasteiger partial charge in [-0.3, -0.25) is 10.1 Å². The predicted molar refractivity (Wildman–Crippen MR) is 97.2 cm³/mol. The van der Waals surface area contributed by atoms with E-state index in [1.54, 1.807) is 19.1 Å². The quantitative estimate of drug-likeness (QED) is 0.410. The molecule has 0 amide bonds. The molecule has 0 radical (unpaired) electrons. The van der Waals surface area contributed by atoms with Crippen LogP contribution in [0.15, 0.2) is 59.4 Å². The summed E-state index contributed by atoms with van der Waals surface area (Å²) in [4.78, 5) is 18.9. The summed E-state index contributed by atoms with van der Waals surface area (Å²) in [6.45, 7) is 1.71. The lowest BCUT2D eigenvalue weighted by Gasteiger charge is -2.10. The molecule has 134 valence electrons. The van der Waals surface area contributed by atoms with Crippen LogP contribution in [0.25, 0.3) is 10.8 Å². The summed E-state index contributed by atoms with van der Waals surface area (Å²) in [5.74, 6) is 1.09. The van der Waals surface area contributed by atoms with Gasteiger partial charge in [-0.05, 0) is 18.4 Å². The van der Waals surface area contributed by atoms with Crippen molar-refractivity contribution in [2.75, 3.05) is 5.32 Å². The second-order valence-corrected chi connectivity index (χ2v) is 5.66. The van der Waals surface area contributed by atoms with Crippen LogP contribution >= 0.6 is 0 Å². The van der Waals surface area contributed by atoms with Crippen LogP contribution in [0, 0.1) is 17.0 Å². The van der Waals surface area contributed by atoms with Crippen LogP contribution in [0.3, 0.4) is 0 Å². The highest BCUT2D eigenvalue weighted by Crippen LogP contribution is 2.37. The third kappa shape index (κ3) is 3.25. The lowest BCUT2D eigenvalue weighted by atomic mass is 10.1. The fourth-order valence-corrected chi connectivity index (χ4v) is 2.63. The van der Waals surface area contributed by atoms with Crippen molar-refractivity contribution >= 4 is 28.1 Å². The number of fused-ring (bicyclic) bond motifs is 1. The Morgan fingerprint density at radius 2 is 1.96 bits per heavy atom. The summed E-state index contributed by atoms with van der Waals surface area (Å²) in [7, 11) is 0. The topological polar surface area (TPSA) is 116 Å². The van der Waals surface area contributed by atoms with Gasteiger partial charge in [-0.1, -0.05) is 41.6 Å². The summed E-state index contributed by atoms with van der Waals surface area (Å²) in [5.41, 5.74) is -0.397. The van der Waals surface area contributed by atoms with E-state index in [1.807, 2.05) is 36.4 Å². The molecular formula is C18H13N5O4. The van der Waals surface area contributed by atoms with Gasteiger partial charge >= 0.3 is 11.6 Å². The highest BCUT2D eigenvalue weighted by Gasteiger charge is 2.26. The van der Waals surface area contributed by atoms with Gasteiger partial charge in [0.15, 0.2) is 5.82 Å². The molecule has 0 unspecified atom stereocenters. The Hall–Kier alpha value is -4.01. The number of nitrogens with zero attached hydrogens (tertiary/aromatic N) is 4. The second kappa shape index (κ2) is 6.71. The molecule has 0 saturated carbocycles. The first kappa shape index (κ1) is 16.5. The van der Waals surface area contributed by atoms with E-state index in [4.69, 9.17) is 9.26 Å². The van der Waals surface area contributed by atoms with Crippen LogP contribution in [-0.4, -0.2) is 20.0 Å². The minimum atomic E-state index is -0.601. The van der Waals surface area contributed by atoms with Crippen molar-refractivity contribution in [3.8, 4) is 11.6 Å². The maximum Gasteiger partial charge on any atom is 0.373 e. The number of nitro groups is 1. The molecule has 0 spiro atoms. The lowest BCUT2D eigenvalue weighted by molar-refractivity contribution is -0.385. The van der Waals surface area contributed by atoms with Gasteiger partial charge in [-0.15, -0.1) is 0 Å². The van der Waals surface area contributed by atoms with Crippen molar-refractivity contribution in [1.82, 2.24) is 15.1 Å². The number of nitrogens with one attached hydrogen (secondary N) is 1. The maximum absolute atomic E-state index is 11.7. The van der Waals surface area contributed by atoms with E-state index in [-0.39, 0.29) is 11.7 Å². The minimum absolute atomic E-state index is 0.0430. The van der Waals surface area contributed by atoms with Gasteiger partial charge in [0.25, 0.3) is 0 Å². The van der Waals surface area contributed by atoms with E-state index < -0.39 is 10.6 Å². The van der Waals surface area contributed by atoms with Crippen LogP contribution in [0.4, 0.5) is 17.3 Å². The highest BCUT2D eigenvalue weighted by atomic mass is 16.6. The third-order valence-corrected chi connectivity index (χ3v) is 3.80. The Balaban J connectivity index is 1.76. The molecule has 27 heavy (non-hydrogen) atoms. The van der Waals surface area contributed by atoms with Crippen molar-refractivity contribution < 1.29 is 14.2 Å². The monoisotopic (exact) mass is 363 g/mol. The van der Waals surface area contributed by atoms with E-state index in [2.05, 4.69) is 20.4 Å². The maximum atomic E-state index is 11.7. The van der Waals surface area contributed by atoms with Gasteiger partial charge in [-0.25, -0.2) is 4.98 Å². The van der Waals surface area contributed by atoms with Crippen LogP contribution < -0.4 is 10.1 Å². The fraction of sp³-hybridized carbons (Fsp3) is 0.0556. The van der Waals surface area contributed by atoms with Gasteiger partial charge < -0.3 is 14.6 Å². The second-order valence-electron chi connectivity index (χ2n) is 5.66. The Labute approximate surface area is 152 Å². The van der Waals surface area contributed by atoms with Crippen LogP contribution in [-0.2, 0) is 0 Å². The summed E-state index contributed by atoms with van der Waals surface area (Å²) >= 11 is 0. The molecule has 0 fully saturated rings. The van der Waals surface area contributed by atoms with E-state index in [1.165, 1.54) is 6.33 Å². The summed E-state index contributed by atoms with van der Waals surface area (Å²) in [5, 5.41) is 19.9. The number of hydrogen-bond acceptors (Lipinski definition) is 8. The first-order valence-corrected chi connectivity index (χ1v) is 7.97. The molecule has 9 nitrogen and oxygen atoms in total. The number of anilines is 2. The molecule has 2 heterocycles. The lowest BCUT2D eigenvalue weighted by Crippen LogP contribution is -2.03. The number of aryl methyl sites for hydroxylation is 1. The molecule has 1 N–H and O–H groups in total. The largest absolute Gasteiger partial charge is 0.433 e. The predicted octanol–water partition coefficient (Wildman–Crippen LogP) is 4.37. The van der Waals surface area contributed by atoms with Crippen LogP contribution in [0.1, 0.15) is 5.76 Å². The number of aromatic nitrogens is 3. The van der Waals surface area contributed by atoms with Crippen LogP contribution in [0.2, 0.25) is 0 Å². The molecule has 4 rings (SSSR count). The van der Waals surface area contributed by atoms with Gasteiger partial charge in [0.2, 0.25) is 5.82 Å². The molecule has 2 aromatic heterocycles. The Morgan fingerprint density at radius 1 is 1.15 bits per heavy atom. The third-order valence-electron chi connectivity index (χ3n) is 3.80. The summed E-state index contributed by atoms with van der Waals surface area (Å²) < 4.78 is 10.7. The van der Waals surface area contributed by atoms with E-state index in [0.717, 1.165) is 10.8 Å². The molecule has 0 atom stereocenters. The summed E-state index contributed by atoms with van der Waals surface area (Å²) in [6, 6.07) is 14.6. The molecule has 0 aliphatic heterocycles. The smallest absolute Gasteiger partial charge is 0.373 e. The van der Waals surface area contributed by atoms with Crippen molar-refractivity contribution in [2.24, 2.45) is 0 Å². The number of hydrogen-bond donors (Lipinski definition) is 1. The Kier molecular flexibility index (Phi) is 4.09. The minimum Gasteiger partial charge on any atom is -0.433 e.